The summed E-state index contributed by atoms with van der Waals surface area (Å²) in [5, 5.41) is 6.93. The number of nitrogens with one attached hydrogen (secondary N) is 2. The predicted octanol–water partition coefficient (Wildman–Crippen LogP) is 6.35. The first-order valence-electron chi connectivity index (χ1n) is 20.0. The number of rotatable bonds is 10. The van der Waals surface area contributed by atoms with Gasteiger partial charge in [0.05, 0.1) is 35.6 Å². The van der Waals surface area contributed by atoms with Crippen LogP contribution in [0.5, 0.6) is 0 Å². The Hall–Kier alpha value is -4.20. The van der Waals surface area contributed by atoms with E-state index in [0.717, 1.165) is 116 Å². The molecule has 4 aliphatic rings. The zero-order valence-corrected chi connectivity index (χ0v) is 33.4. The monoisotopic (exact) mass is 781 g/mol. The average molecular weight is 782 g/mol. The molecule has 0 bridgehead atoms. The molecule has 4 fully saturated rings. The van der Waals surface area contributed by atoms with Gasteiger partial charge in [0.25, 0.3) is 0 Å². The Kier molecular flexibility index (Phi) is 11.3. The Morgan fingerprint density at radius 2 is 1.84 bits per heavy atom. The van der Waals surface area contributed by atoms with Crippen LogP contribution in [0.25, 0.3) is 22.2 Å². The first-order chi connectivity index (χ1) is 27.1. The van der Waals surface area contributed by atoms with Gasteiger partial charge in [-0.2, -0.15) is 0 Å². The number of aromatic nitrogens is 3. The number of hydrogen-bond acceptors (Lipinski definition) is 9. The highest BCUT2D eigenvalue weighted by atomic mass is 35.5. The summed E-state index contributed by atoms with van der Waals surface area (Å²) in [5.41, 5.74) is 6.32. The van der Waals surface area contributed by atoms with Gasteiger partial charge < -0.3 is 24.3 Å². The highest BCUT2D eigenvalue weighted by Gasteiger charge is 2.39. The lowest BCUT2D eigenvalue weighted by Gasteiger charge is -2.38. The molecule has 2 atom stereocenters. The Balaban J connectivity index is 0.904. The number of imide groups is 1. The lowest BCUT2D eigenvalue weighted by molar-refractivity contribution is -0.134. The molecule has 2 N–H and O–H groups in total. The molecular formula is C43H52ClN7O5. The quantitative estimate of drug-likeness (QED) is 0.177. The number of piperidine rings is 3. The fourth-order valence-electron chi connectivity index (χ4n) is 9.23. The first-order valence-corrected chi connectivity index (χ1v) is 20.4. The van der Waals surface area contributed by atoms with Crippen molar-refractivity contribution in [3.05, 3.63) is 76.2 Å². The molecule has 0 aliphatic carbocycles. The lowest BCUT2D eigenvalue weighted by atomic mass is 9.90. The maximum Gasteiger partial charge on any atom is 0.234 e. The second-order valence-electron chi connectivity index (χ2n) is 16.2. The van der Waals surface area contributed by atoms with E-state index in [1.807, 2.05) is 24.4 Å². The fraction of sp³-hybridized carbons (Fsp3) is 0.512. The highest BCUT2D eigenvalue weighted by molar-refractivity contribution is 6.31. The van der Waals surface area contributed by atoms with Gasteiger partial charge in [0.2, 0.25) is 17.7 Å². The molecule has 3 aromatic heterocycles. The number of carbonyl (C=O) groups is 3. The molecule has 4 aliphatic heterocycles. The summed E-state index contributed by atoms with van der Waals surface area (Å²) in [6.07, 6.45) is 10.1. The summed E-state index contributed by atoms with van der Waals surface area (Å²) in [5.74, 6) is 0.194. The number of halogens is 1. The topological polar surface area (TPSA) is 131 Å². The Labute approximate surface area is 333 Å². The van der Waals surface area contributed by atoms with Crippen LogP contribution in [0.15, 0.2) is 48.8 Å². The fourth-order valence-corrected chi connectivity index (χ4v) is 9.56. The number of pyridine rings is 2. The molecule has 4 aromatic rings. The largest absolute Gasteiger partial charge is 0.378 e. The van der Waals surface area contributed by atoms with Crippen LogP contribution in [0.4, 0.5) is 5.82 Å². The van der Waals surface area contributed by atoms with Gasteiger partial charge in [-0.3, -0.25) is 24.6 Å². The van der Waals surface area contributed by atoms with Crippen LogP contribution in [-0.4, -0.2) is 95.1 Å². The van der Waals surface area contributed by atoms with Gasteiger partial charge in [0.15, 0.2) is 0 Å². The zero-order chi connectivity index (χ0) is 39.0. The van der Waals surface area contributed by atoms with E-state index in [1.165, 1.54) is 6.92 Å². The molecule has 13 heteroatoms. The summed E-state index contributed by atoms with van der Waals surface area (Å²) in [6.45, 7) is 10.9. The maximum absolute atomic E-state index is 12.4. The van der Waals surface area contributed by atoms with Gasteiger partial charge in [0, 0.05) is 87.9 Å². The van der Waals surface area contributed by atoms with Crippen LogP contribution < -0.4 is 10.6 Å². The van der Waals surface area contributed by atoms with E-state index >= 15 is 0 Å². The molecule has 56 heavy (non-hydrogen) atoms. The molecule has 3 amide bonds. The number of aryl methyl sites for hydroxylation is 1. The molecule has 0 spiro atoms. The SMILES string of the molecule is CO[C@@]1(c2cc(C)cc(-c3cn(C4CCN(CC5CCN(Cc6ccc(C7CCC(=O)NC7=O)c(Cl)c6)CC5)CC4)c4cnc(NC(C)=O)cc34)n2)CCOC1. The normalized spacial score (nSPS) is 23.2. The smallest absolute Gasteiger partial charge is 0.234 e. The summed E-state index contributed by atoms with van der Waals surface area (Å²) in [6, 6.07) is 12.6. The van der Waals surface area contributed by atoms with Crippen molar-refractivity contribution in [1.29, 1.82) is 0 Å². The van der Waals surface area contributed by atoms with Gasteiger partial charge in [-0.1, -0.05) is 23.7 Å². The predicted molar refractivity (Wildman–Crippen MR) is 215 cm³/mol. The van der Waals surface area contributed by atoms with Crippen LogP contribution in [0.2, 0.25) is 5.02 Å². The molecule has 296 valence electrons. The molecule has 1 aromatic carbocycles. The van der Waals surface area contributed by atoms with Crippen LogP contribution >= 0.6 is 11.6 Å². The second kappa shape index (κ2) is 16.3. The standard InChI is InChI=1S/C43H52ClN7O5/c1-27-18-37(47-39(19-27)43(55-3)12-17-56-26-43)35-25-51(38-22-45-40(21-34(35)38)46-28(2)52)31-10-15-50(16-11-31)23-29-8-13-49(14-9-29)24-30-4-5-32(36(44)20-30)33-6-7-41(53)48-42(33)54/h4-5,18-22,25,29,31,33H,6-17,23-24,26H2,1-3H3,(H,45,46,52)(H,48,53,54)/t33?,43-/m0/s1. The van der Waals surface area contributed by atoms with Gasteiger partial charge in [-0.15, -0.1) is 0 Å². The minimum Gasteiger partial charge on any atom is -0.378 e. The maximum atomic E-state index is 12.4. The van der Waals surface area contributed by atoms with Crippen molar-refractivity contribution in [2.24, 2.45) is 5.92 Å². The zero-order valence-electron chi connectivity index (χ0n) is 32.6. The van der Waals surface area contributed by atoms with Crippen molar-refractivity contribution in [1.82, 2.24) is 29.7 Å². The molecule has 7 heterocycles. The Morgan fingerprint density at radius 1 is 1.05 bits per heavy atom. The van der Waals surface area contributed by atoms with Crippen molar-refractivity contribution in [3.63, 3.8) is 0 Å². The van der Waals surface area contributed by atoms with Gasteiger partial charge in [0.1, 0.15) is 11.4 Å². The van der Waals surface area contributed by atoms with Crippen LogP contribution in [0.1, 0.15) is 86.2 Å². The van der Waals surface area contributed by atoms with Crippen LogP contribution in [0.3, 0.4) is 0 Å². The minimum atomic E-state index is -0.562. The van der Waals surface area contributed by atoms with Crippen molar-refractivity contribution < 1.29 is 23.9 Å². The number of likely N-dealkylation sites (tertiary alicyclic amines) is 2. The van der Waals surface area contributed by atoms with Crippen LogP contribution in [-0.2, 0) is 36.0 Å². The Morgan fingerprint density at radius 3 is 2.54 bits per heavy atom. The Bertz CT molecular complexity index is 2110. The molecule has 0 radical (unpaired) electrons. The van der Waals surface area contributed by atoms with Crippen molar-refractivity contribution in [3.8, 4) is 11.3 Å². The van der Waals surface area contributed by atoms with Crippen molar-refractivity contribution in [2.75, 3.05) is 58.4 Å². The number of methoxy groups -OCH3 is 1. The van der Waals surface area contributed by atoms with Gasteiger partial charge >= 0.3 is 0 Å². The van der Waals surface area contributed by atoms with E-state index in [9.17, 15) is 14.4 Å². The van der Waals surface area contributed by atoms with E-state index in [-0.39, 0.29) is 23.6 Å². The molecule has 4 saturated heterocycles. The minimum absolute atomic E-state index is 0.154. The third kappa shape index (κ3) is 8.13. The van der Waals surface area contributed by atoms with E-state index in [0.29, 0.717) is 48.9 Å². The molecule has 0 saturated carbocycles. The number of carbonyl (C=O) groups excluding carboxylic acids is 3. The average Bonchev–Trinajstić information content (AvgIpc) is 3.82. The molecule has 8 rings (SSSR count). The summed E-state index contributed by atoms with van der Waals surface area (Å²) >= 11 is 6.67. The second-order valence-corrected chi connectivity index (χ2v) is 16.7. The number of anilines is 1. The van der Waals surface area contributed by atoms with Gasteiger partial charge in [-0.25, -0.2) is 9.97 Å². The summed E-state index contributed by atoms with van der Waals surface area (Å²) in [4.78, 5) is 51.0. The molecular weight excluding hydrogens is 730 g/mol. The summed E-state index contributed by atoms with van der Waals surface area (Å²) < 4.78 is 14.2. The third-order valence-electron chi connectivity index (χ3n) is 12.4. The molecule has 1 unspecified atom stereocenters. The number of ether oxygens (including phenoxy) is 2. The summed E-state index contributed by atoms with van der Waals surface area (Å²) in [7, 11) is 1.73. The van der Waals surface area contributed by atoms with E-state index in [4.69, 9.17) is 26.1 Å². The third-order valence-corrected chi connectivity index (χ3v) is 12.7. The van der Waals surface area contributed by atoms with Crippen molar-refractivity contribution in [2.45, 2.75) is 82.9 Å². The van der Waals surface area contributed by atoms with E-state index in [1.54, 1.807) is 7.11 Å². The highest BCUT2D eigenvalue weighted by Crippen LogP contribution is 2.39. The van der Waals surface area contributed by atoms with Crippen molar-refractivity contribution >= 4 is 46.0 Å². The number of amides is 3. The van der Waals surface area contributed by atoms with Crippen LogP contribution in [0, 0.1) is 12.8 Å². The number of hydrogen-bond donors (Lipinski definition) is 2. The van der Waals surface area contributed by atoms with E-state index in [2.05, 4.69) is 61.3 Å². The van der Waals surface area contributed by atoms with Gasteiger partial charge in [-0.05, 0) is 99.0 Å². The van der Waals surface area contributed by atoms with E-state index < -0.39 is 5.60 Å². The molecule has 12 nitrogen and oxygen atoms in total. The lowest BCUT2D eigenvalue weighted by Crippen LogP contribution is -2.41. The number of fused-ring (bicyclic) bond motifs is 1. The number of nitrogens with zero attached hydrogens (tertiary/aromatic N) is 5. The number of benzene rings is 1. The first kappa shape index (κ1) is 38.7.